The van der Waals surface area contributed by atoms with Gasteiger partial charge in [-0.25, -0.2) is 0 Å². The number of ether oxygens (including phenoxy) is 1. The fourth-order valence-electron chi connectivity index (χ4n) is 2.75. The summed E-state index contributed by atoms with van der Waals surface area (Å²) < 4.78 is 8.68. The third-order valence-electron chi connectivity index (χ3n) is 4.14. The van der Waals surface area contributed by atoms with Crippen molar-refractivity contribution >= 4 is 11.6 Å². The Kier molecular flexibility index (Phi) is 4.56. The Morgan fingerprint density at radius 1 is 1.28 bits per heavy atom. The van der Waals surface area contributed by atoms with Crippen LogP contribution >= 0.6 is 0 Å². The van der Waals surface area contributed by atoms with E-state index in [1.54, 1.807) is 31.1 Å². The zero-order valence-electron chi connectivity index (χ0n) is 14.8. The van der Waals surface area contributed by atoms with E-state index in [0.29, 0.717) is 12.2 Å². The quantitative estimate of drug-likeness (QED) is 0.775. The van der Waals surface area contributed by atoms with E-state index in [9.17, 15) is 4.79 Å². The second-order valence-corrected chi connectivity index (χ2v) is 5.85. The molecule has 0 atom stereocenters. The number of aryl methyl sites for hydroxylation is 2. The number of nitrogens with zero attached hydrogens (tertiary/aromatic N) is 4. The molecule has 0 unspecified atom stereocenters. The van der Waals surface area contributed by atoms with Gasteiger partial charge in [0, 0.05) is 13.2 Å². The summed E-state index contributed by atoms with van der Waals surface area (Å²) in [5, 5.41) is 11.5. The number of benzene rings is 1. The van der Waals surface area contributed by atoms with Crippen LogP contribution in [0.15, 0.2) is 36.5 Å². The lowest BCUT2D eigenvalue weighted by Gasteiger charge is -2.08. The molecule has 0 saturated heterocycles. The van der Waals surface area contributed by atoms with E-state index >= 15 is 0 Å². The Morgan fingerprint density at radius 2 is 2.08 bits per heavy atom. The lowest BCUT2D eigenvalue weighted by Crippen LogP contribution is -2.17. The van der Waals surface area contributed by atoms with Gasteiger partial charge < -0.3 is 10.1 Å². The lowest BCUT2D eigenvalue weighted by atomic mass is 10.2. The molecule has 7 heteroatoms. The molecule has 1 amide bonds. The van der Waals surface area contributed by atoms with Crippen LogP contribution in [0.1, 0.15) is 27.4 Å². The predicted octanol–water partition coefficient (Wildman–Crippen LogP) is 2.54. The number of methoxy groups -OCH3 is 1. The third-order valence-corrected chi connectivity index (χ3v) is 4.14. The van der Waals surface area contributed by atoms with Crippen molar-refractivity contribution in [3.8, 4) is 5.75 Å². The maximum Gasteiger partial charge on any atom is 0.274 e. The van der Waals surface area contributed by atoms with Gasteiger partial charge in [0.2, 0.25) is 0 Å². The van der Waals surface area contributed by atoms with E-state index in [4.69, 9.17) is 4.74 Å². The number of carbonyl (C=O) groups is 1. The first-order chi connectivity index (χ1) is 12.0. The fraction of sp³-hybridized carbons (Fsp3) is 0.278. The third kappa shape index (κ3) is 3.40. The maximum atomic E-state index is 12.4. The summed E-state index contributed by atoms with van der Waals surface area (Å²) in [4.78, 5) is 12.4. The number of nitrogens with one attached hydrogen (secondary N) is 1. The van der Waals surface area contributed by atoms with Gasteiger partial charge in [-0.2, -0.15) is 10.2 Å². The van der Waals surface area contributed by atoms with Crippen LogP contribution < -0.4 is 10.1 Å². The van der Waals surface area contributed by atoms with E-state index in [1.165, 1.54) is 0 Å². The van der Waals surface area contributed by atoms with Crippen molar-refractivity contribution in [2.45, 2.75) is 20.4 Å². The number of carbonyl (C=O) groups excluding carboxylic acids is 1. The first kappa shape index (κ1) is 16.8. The average Bonchev–Trinajstić information content (AvgIpc) is 3.14. The first-order valence-electron chi connectivity index (χ1n) is 7.96. The van der Waals surface area contributed by atoms with Crippen LogP contribution in [0.4, 0.5) is 5.69 Å². The molecule has 0 aliphatic carbocycles. The fourth-order valence-corrected chi connectivity index (χ4v) is 2.75. The highest BCUT2D eigenvalue weighted by molar-refractivity contribution is 6.03. The van der Waals surface area contributed by atoms with Crippen LogP contribution in [0.5, 0.6) is 5.75 Å². The minimum Gasteiger partial charge on any atom is -0.497 e. The van der Waals surface area contributed by atoms with Crippen molar-refractivity contribution in [2.24, 2.45) is 7.05 Å². The molecular weight excluding hydrogens is 318 g/mol. The maximum absolute atomic E-state index is 12.4. The molecule has 25 heavy (non-hydrogen) atoms. The summed E-state index contributed by atoms with van der Waals surface area (Å²) in [5.41, 5.74) is 3.98. The summed E-state index contributed by atoms with van der Waals surface area (Å²) >= 11 is 0. The molecular formula is C18H21N5O2. The van der Waals surface area contributed by atoms with Crippen LogP contribution in [0.2, 0.25) is 0 Å². The average molecular weight is 339 g/mol. The SMILES string of the molecule is COc1cccc(Cn2nc(C)c(NC(=O)c3ccnn3C)c2C)c1. The molecule has 2 aromatic heterocycles. The van der Waals surface area contributed by atoms with Crippen LogP contribution in [-0.4, -0.2) is 32.6 Å². The number of amides is 1. The van der Waals surface area contributed by atoms with Gasteiger partial charge in [0.25, 0.3) is 5.91 Å². The van der Waals surface area contributed by atoms with Crippen molar-refractivity contribution in [1.82, 2.24) is 19.6 Å². The summed E-state index contributed by atoms with van der Waals surface area (Å²) in [5.74, 6) is 0.607. The summed E-state index contributed by atoms with van der Waals surface area (Å²) in [7, 11) is 3.38. The van der Waals surface area contributed by atoms with Gasteiger partial charge in [0.1, 0.15) is 11.4 Å². The van der Waals surface area contributed by atoms with Gasteiger partial charge in [-0.15, -0.1) is 0 Å². The predicted molar refractivity (Wildman–Crippen MR) is 95.0 cm³/mol. The van der Waals surface area contributed by atoms with Crippen molar-refractivity contribution in [1.29, 1.82) is 0 Å². The molecule has 3 rings (SSSR count). The van der Waals surface area contributed by atoms with E-state index in [1.807, 2.05) is 42.8 Å². The topological polar surface area (TPSA) is 74.0 Å². The van der Waals surface area contributed by atoms with Gasteiger partial charge in [-0.05, 0) is 37.6 Å². The van der Waals surface area contributed by atoms with Crippen molar-refractivity contribution in [3.63, 3.8) is 0 Å². The van der Waals surface area contributed by atoms with Crippen molar-refractivity contribution in [3.05, 3.63) is 59.2 Å². The zero-order valence-corrected chi connectivity index (χ0v) is 14.8. The molecule has 0 radical (unpaired) electrons. The van der Waals surface area contributed by atoms with Gasteiger partial charge in [-0.3, -0.25) is 14.2 Å². The number of anilines is 1. The summed E-state index contributed by atoms with van der Waals surface area (Å²) in [6, 6.07) is 9.53. The van der Waals surface area contributed by atoms with Crippen LogP contribution in [0.25, 0.3) is 0 Å². The van der Waals surface area contributed by atoms with Crippen LogP contribution in [-0.2, 0) is 13.6 Å². The molecule has 0 fully saturated rings. The van der Waals surface area contributed by atoms with Crippen molar-refractivity contribution < 1.29 is 9.53 Å². The number of rotatable bonds is 5. The van der Waals surface area contributed by atoms with E-state index < -0.39 is 0 Å². The second kappa shape index (κ2) is 6.80. The van der Waals surface area contributed by atoms with Gasteiger partial charge in [0.05, 0.1) is 30.7 Å². The number of hydrogen-bond acceptors (Lipinski definition) is 4. The highest BCUT2D eigenvalue weighted by Gasteiger charge is 2.17. The van der Waals surface area contributed by atoms with Crippen LogP contribution in [0, 0.1) is 13.8 Å². The first-order valence-corrected chi connectivity index (χ1v) is 7.96. The van der Waals surface area contributed by atoms with Gasteiger partial charge in [0.15, 0.2) is 0 Å². The second-order valence-electron chi connectivity index (χ2n) is 5.85. The van der Waals surface area contributed by atoms with Crippen LogP contribution in [0.3, 0.4) is 0 Å². The van der Waals surface area contributed by atoms with E-state index in [2.05, 4.69) is 15.5 Å². The van der Waals surface area contributed by atoms with E-state index in [0.717, 1.165) is 28.4 Å². The van der Waals surface area contributed by atoms with Gasteiger partial charge >= 0.3 is 0 Å². The molecule has 7 nitrogen and oxygen atoms in total. The van der Waals surface area contributed by atoms with Gasteiger partial charge in [-0.1, -0.05) is 12.1 Å². The number of hydrogen-bond donors (Lipinski definition) is 1. The molecule has 0 aliphatic rings. The molecule has 2 heterocycles. The van der Waals surface area contributed by atoms with Crippen molar-refractivity contribution in [2.75, 3.05) is 12.4 Å². The standard InChI is InChI=1S/C18H21N5O2/c1-12-17(20-18(24)16-8-9-19-22(16)3)13(2)23(21-12)11-14-6-5-7-15(10-14)25-4/h5-10H,11H2,1-4H3,(H,20,24). The normalized spacial score (nSPS) is 10.7. The molecule has 0 spiro atoms. The lowest BCUT2D eigenvalue weighted by molar-refractivity contribution is 0.101. The molecule has 1 N–H and O–H groups in total. The molecule has 130 valence electrons. The number of aromatic nitrogens is 4. The Labute approximate surface area is 146 Å². The highest BCUT2D eigenvalue weighted by Crippen LogP contribution is 2.22. The summed E-state index contributed by atoms with van der Waals surface area (Å²) in [6.45, 7) is 4.43. The molecule has 0 aliphatic heterocycles. The molecule has 3 aromatic rings. The summed E-state index contributed by atoms with van der Waals surface area (Å²) in [6.07, 6.45) is 1.60. The Bertz CT molecular complexity index is 910. The smallest absolute Gasteiger partial charge is 0.274 e. The Hall–Kier alpha value is -3.09. The highest BCUT2D eigenvalue weighted by atomic mass is 16.5. The minimum absolute atomic E-state index is 0.202. The minimum atomic E-state index is -0.202. The Balaban J connectivity index is 1.83. The zero-order chi connectivity index (χ0) is 18.0. The Morgan fingerprint density at radius 3 is 2.76 bits per heavy atom. The molecule has 0 saturated carbocycles. The largest absolute Gasteiger partial charge is 0.497 e. The molecule has 0 bridgehead atoms. The monoisotopic (exact) mass is 339 g/mol. The van der Waals surface area contributed by atoms with E-state index in [-0.39, 0.29) is 5.91 Å². The molecule has 1 aromatic carbocycles.